The molecular weight excluding hydrogens is 495 g/mol. The predicted octanol–water partition coefficient (Wildman–Crippen LogP) is 10.9. The molecule has 2 aromatic carbocycles. The second kappa shape index (κ2) is 11.3. The van der Waals surface area contributed by atoms with Crippen LogP contribution in [0.3, 0.4) is 0 Å². The Kier molecular flexibility index (Phi) is 8.17. The van der Waals surface area contributed by atoms with Gasteiger partial charge in [0.15, 0.2) is 0 Å². The van der Waals surface area contributed by atoms with Crippen molar-refractivity contribution in [2.45, 2.75) is 104 Å². The molecule has 3 heteroatoms. The lowest BCUT2D eigenvalue weighted by molar-refractivity contribution is 0.483. The van der Waals surface area contributed by atoms with Crippen LogP contribution >= 0.6 is 11.3 Å². The quantitative estimate of drug-likeness (QED) is 0.202. The van der Waals surface area contributed by atoms with Gasteiger partial charge in [0.25, 0.3) is 0 Å². The molecule has 1 fully saturated rings. The fourth-order valence-corrected chi connectivity index (χ4v) is 17.8. The van der Waals surface area contributed by atoms with Gasteiger partial charge in [-0.2, -0.15) is 0 Å². The minimum atomic E-state index is -1.73. The molecule has 202 valence electrons. The lowest BCUT2D eigenvalue weighted by Gasteiger charge is -2.43. The fourth-order valence-electron chi connectivity index (χ4n) is 7.68. The smallest absolute Gasteiger partial charge is 0.103 e. The topological polar surface area (TPSA) is 12.9 Å². The van der Waals surface area contributed by atoms with Gasteiger partial charge in [0.1, 0.15) is 8.07 Å². The summed E-state index contributed by atoms with van der Waals surface area (Å²) in [5.41, 5.74) is 6.41. The molecule has 0 radical (unpaired) electrons. The van der Waals surface area contributed by atoms with Gasteiger partial charge in [-0.15, -0.1) is 11.3 Å². The number of thiophene rings is 1. The molecule has 1 aliphatic rings. The molecule has 1 nitrogen and oxygen atoms in total. The Bertz CT molecular complexity index is 1400. The molecule has 4 aromatic rings. The van der Waals surface area contributed by atoms with Crippen molar-refractivity contribution in [2.24, 2.45) is 11.8 Å². The Morgan fingerprint density at radius 2 is 1.55 bits per heavy atom. The van der Waals surface area contributed by atoms with Crippen LogP contribution in [0.2, 0.25) is 17.6 Å². The number of rotatable bonds is 8. The van der Waals surface area contributed by atoms with E-state index < -0.39 is 8.07 Å². The van der Waals surface area contributed by atoms with Gasteiger partial charge in [0, 0.05) is 11.8 Å². The summed E-state index contributed by atoms with van der Waals surface area (Å²) in [5.74, 6) is 1.97. The molecule has 38 heavy (non-hydrogen) atoms. The minimum Gasteiger partial charge on any atom is -0.255 e. The molecule has 0 amide bonds. The van der Waals surface area contributed by atoms with Crippen LogP contribution in [-0.2, 0) is 0 Å². The molecule has 5 rings (SSSR count). The first-order valence-electron chi connectivity index (χ1n) is 15.1. The highest BCUT2D eigenvalue weighted by Gasteiger charge is 2.46. The van der Waals surface area contributed by atoms with Gasteiger partial charge in [-0.1, -0.05) is 97.9 Å². The van der Waals surface area contributed by atoms with E-state index in [0.29, 0.717) is 5.92 Å². The zero-order chi connectivity index (χ0) is 27.0. The minimum absolute atomic E-state index is 0.475. The maximum atomic E-state index is 5.08. The van der Waals surface area contributed by atoms with Gasteiger partial charge < -0.3 is 0 Å². The largest absolute Gasteiger partial charge is 0.255 e. The van der Waals surface area contributed by atoms with E-state index in [9.17, 15) is 0 Å². The first kappa shape index (κ1) is 27.6. The normalized spacial score (nSPS) is 15.5. The van der Waals surface area contributed by atoms with Crippen molar-refractivity contribution in [3.8, 4) is 11.3 Å². The molecule has 0 atom stereocenters. The second-order valence-electron chi connectivity index (χ2n) is 13.2. The van der Waals surface area contributed by atoms with Crippen LogP contribution < -0.4 is 4.50 Å². The van der Waals surface area contributed by atoms with Gasteiger partial charge in [0.05, 0.1) is 10.4 Å². The lowest BCUT2D eigenvalue weighted by atomic mass is 9.92. The van der Waals surface area contributed by atoms with Gasteiger partial charge in [-0.3, -0.25) is 4.98 Å². The molecule has 0 unspecified atom stereocenters. The van der Waals surface area contributed by atoms with Crippen LogP contribution in [0.5, 0.6) is 0 Å². The van der Waals surface area contributed by atoms with Crippen molar-refractivity contribution < 1.29 is 0 Å². The summed E-state index contributed by atoms with van der Waals surface area (Å²) in [5, 5.41) is 4.15. The monoisotopic (exact) mass is 541 g/mol. The van der Waals surface area contributed by atoms with Gasteiger partial charge >= 0.3 is 0 Å². The summed E-state index contributed by atoms with van der Waals surface area (Å²) >= 11 is 2.15. The number of benzene rings is 2. The van der Waals surface area contributed by atoms with Crippen LogP contribution in [0.1, 0.15) is 90.7 Å². The van der Waals surface area contributed by atoms with Crippen LogP contribution in [0.4, 0.5) is 0 Å². The van der Waals surface area contributed by atoms with Crippen LogP contribution in [-0.4, -0.2) is 13.1 Å². The van der Waals surface area contributed by atoms with E-state index in [4.69, 9.17) is 4.98 Å². The van der Waals surface area contributed by atoms with E-state index in [-0.39, 0.29) is 0 Å². The highest BCUT2D eigenvalue weighted by Crippen LogP contribution is 2.47. The zero-order valence-corrected chi connectivity index (χ0v) is 26.5. The number of aromatic nitrogens is 1. The van der Waals surface area contributed by atoms with E-state index in [0.717, 1.165) is 17.4 Å². The van der Waals surface area contributed by atoms with Gasteiger partial charge in [-0.25, -0.2) is 0 Å². The number of aryl methyl sites for hydroxylation is 1. The third-order valence-corrected chi connectivity index (χ3v) is 18.2. The molecule has 0 N–H and O–H groups in total. The van der Waals surface area contributed by atoms with Crippen molar-refractivity contribution in [2.75, 3.05) is 0 Å². The number of pyridine rings is 1. The fraction of sp³-hybridized carbons (Fsp3) is 0.514. The van der Waals surface area contributed by atoms with E-state index in [1.165, 1.54) is 81.9 Å². The molecule has 0 aliphatic heterocycles. The SMILES string of the molecule is Cc1c([Si](CC(C)C)(CC(C)C)C2CCCCC2)sc2c(-c3cc(C(C)C)c4ccccc4c3)nccc12. The summed E-state index contributed by atoms with van der Waals surface area (Å²) in [7, 11) is -1.73. The Hall–Kier alpha value is -1.97. The molecule has 0 saturated heterocycles. The molecule has 2 heterocycles. The Morgan fingerprint density at radius 1 is 0.868 bits per heavy atom. The number of nitrogens with zero attached hydrogens (tertiary/aromatic N) is 1. The summed E-state index contributed by atoms with van der Waals surface area (Å²) in [6.45, 7) is 17.0. The maximum absolute atomic E-state index is 5.08. The standard InChI is InChI=1S/C35H47NSSi/c1-23(2)21-38(22-24(3)4,29-14-9-8-10-15-29)35-26(7)30-17-18-36-33(34(30)37-35)28-19-27-13-11-12-16-31(27)32(20-28)25(5)6/h11-13,16-20,23-25,29H,8-10,14-15,21-22H2,1-7H3. The molecule has 2 aromatic heterocycles. The summed E-state index contributed by atoms with van der Waals surface area (Å²) in [6.07, 6.45) is 9.27. The van der Waals surface area contributed by atoms with Crippen molar-refractivity contribution in [1.82, 2.24) is 4.98 Å². The Morgan fingerprint density at radius 3 is 2.21 bits per heavy atom. The van der Waals surface area contributed by atoms with Crippen molar-refractivity contribution in [3.63, 3.8) is 0 Å². The summed E-state index contributed by atoms with van der Waals surface area (Å²) in [6, 6.07) is 18.9. The summed E-state index contributed by atoms with van der Waals surface area (Å²) in [4.78, 5) is 5.08. The number of hydrogen-bond donors (Lipinski definition) is 0. The van der Waals surface area contributed by atoms with Crippen molar-refractivity contribution in [3.05, 3.63) is 59.8 Å². The highest BCUT2D eigenvalue weighted by atomic mass is 32.1. The van der Waals surface area contributed by atoms with Crippen molar-refractivity contribution in [1.29, 1.82) is 0 Å². The second-order valence-corrected chi connectivity index (χ2v) is 19.0. The highest BCUT2D eigenvalue weighted by molar-refractivity contribution is 7.32. The van der Waals surface area contributed by atoms with Crippen LogP contribution in [0.15, 0.2) is 48.7 Å². The molecule has 0 bridgehead atoms. The number of fused-ring (bicyclic) bond motifs is 2. The first-order chi connectivity index (χ1) is 18.2. The van der Waals surface area contributed by atoms with Gasteiger partial charge in [0.2, 0.25) is 0 Å². The molecular formula is C35H47NSSi. The van der Waals surface area contributed by atoms with E-state index >= 15 is 0 Å². The van der Waals surface area contributed by atoms with Crippen LogP contribution in [0.25, 0.3) is 32.1 Å². The molecule has 1 aliphatic carbocycles. The zero-order valence-electron chi connectivity index (χ0n) is 24.7. The first-order valence-corrected chi connectivity index (χ1v) is 18.4. The number of hydrogen-bond acceptors (Lipinski definition) is 2. The Balaban J connectivity index is 1.74. The van der Waals surface area contributed by atoms with E-state index in [1.54, 1.807) is 10.1 Å². The average Bonchev–Trinajstić information content (AvgIpc) is 3.24. The Labute approximate surface area is 236 Å². The average molecular weight is 542 g/mol. The third-order valence-electron chi connectivity index (χ3n) is 9.03. The molecule has 0 spiro atoms. The van der Waals surface area contributed by atoms with Crippen LogP contribution in [0, 0.1) is 18.8 Å². The lowest BCUT2D eigenvalue weighted by Crippen LogP contribution is -2.53. The van der Waals surface area contributed by atoms with Gasteiger partial charge in [-0.05, 0) is 92.3 Å². The van der Waals surface area contributed by atoms with E-state index in [1.807, 2.05) is 0 Å². The molecule has 1 saturated carbocycles. The third kappa shape index (κ3) is 5.13. The maximum Gasteiger partial charge on any atom is 0.103 e. The summed E-state index contributed by atoms with van der Waals surface area (Å²) < 4.78 is 3.23. The van der Waals surface area contributed by atoms with Crippen molar-refractivity contribution >= 4 is 44.8 Å². The predicted molar refractivity (Wildman–Crippen MR) is 173 cm³/mol. The van der Waals surface area contributed by atoms with E-state index in [2.05, 4.69) is 108 Å².